The van der Waals surface area contributed by atoms with Gasteiger partial charge >= 0.3 is 0 Å². The van der Waals surface area contributed by atoms with Gasteiger partial charge in [0, 0.05) is 17.8 Å². The molecular formula is C17H19FN4O3. The fraction of sp³-hybridized carbons (Fsp3) is 0.294. The molecule has 1 heterocycles. The van der Waals surface area contributed by atoms with Gasteiger partial charge in [-0.2, -0.15) is 5.10 Å². The highest BCUT2D eigenvalue weighted by atomic mass is 19.1. The van der Waals surface area contributed by atoms with Crippen LogP contribution in [0.25, 0.3) is 5.69 Å². The molecule has 2 N–H and O–H groups in total. The minimum atomic E-state index is -0.797. The van der Waals surface area contributed by atoms with Crippen molar-refractivity contribution in [3.05, 3.63) is 57.8 Å². The van der Waals surface area contributed by atoms with E-state index in [0.717, 1.165) is 0 Å². The van der Waals surface area contributed by atoms with Crippen molar-refractivity contribution >= 4 is 11.8 Å². The Morgan fingerprint density at radius 2 is 1.96 bits per heavy atom. The summed E-state index contributed by atoms with van der Waals surface area (Å²) < 4.78 is 15.2. The Balaban J connectivity index is 2.28. The highest BCUT2D eigenvalue weighted by Gasteiger charge is 2.17. The van der Waals surface area contributed by atoms with Crippen LogP contribution < -0.4 is 16.1 Å². The number of nitrogens with zero attached hydrogens (tertiary/aromatic N) is 2. The van der Waals surface area contributed by atoms with Crippen molar-refractivity contribution in [2.24, 2.45) is 0 Å². The van der Waals surface area contributed by atoms with Gasteiger partial charge in [-0.25, -0.2) is 9.07 Å². The third kappa shape index (κ3) is 4.50. The third-order valence-corrected chi connectivity index (χ3v) is 3.26. The maximum atomic E-state index is 14.0. The zero-order valence-electron chi connectivity index (χ0n) is 14.2. The van der Waals surface area contributed by atoms with Crippen molar-refractivity contribution in [3.8, 4) is 5.69 Å². The van der Waals surface area contributed by atoms with Gasteiger partial charge in [-0.05, 0) is 32.9 Å². The zero-order valence-corrected chi connectivity index (χ0v) is 14.2. The van der Waals surface area contributed by atoms with E-state index in [0.29, 0.717) is 5.69 Å². The van der Waals surface area contributed by atoms with E-state index in [9.17, 15) is 18.8 Å². The van der Waals surface area contributed by atoms with Crippen LogP contribution in [-0.2, 0) is 4.79 Å². The van der Waals surface area contributed by atoms with Gasteiger partial charge in [-0.15, -0.1) is 0 Å². The highest BCUT2D eigenvalue weighted by molar-refractivity contribution is 5.94. The lowest BCUT2D eigenvalue weighted by Crippen LogP contribution is -2.41. The lowest BCUT2D eigenvalue weighted by molar-refractivity contribution is -0.120. The molecule has 0 bridgehead atoms. The lowest BCUT2D eigenvalue weighted by atomic mass is 10.2. The number of carbonyl (C=O) groups excluding carboxylic acids is 2. The quantitative estimate of drug-likeness (QED) is 0.842. The van der Waals surface area contributed by atoms with E-state index < -0.39 is 22.8 Å². The van der Waals surface area contributed by atoms with Crippen LogP contribution in [0, 0.1) is 12.7 Å². The Bertz CT molecular complexity index is 861. The van der Waals surface area contributed by atoms with Gasteiger partial charge in [0.1, 0.15) is 11.5 Å². The van der Waals surface area contributed by atoms with Crippen LogP contribution in [0.4, 0.5) is 4.39 Å². The smallest absolute Gasteiger partial charge is 0.276 e. The normalized spacial score (nSPS) is 10.6. The van der Waals surface area contributed by atoms with E-state index in [1.165, 1.54) is 28.9 Å². The molecule has 0 saturated carbocycles. The van der Waals surface area contributed by atoms with Gasteiger partial charge in [-0.1, -0.05) is 12.1 Å². The fourth-order valence-corrected chi connectivity index (χ4v) is 2.19. The Hall–Kier alpha value is -3.03. The summed E-state index contributed by atoms with van der Waals surface area (Å²) in [7, 11) is 0. The zero-order chi connectivity index (χ0) is 18.6. The van der Waals surface area contributed by atoms with Crippen LogP contribution >= 0.6 is 0 Å². The molecule has 0 fully saturated rings. The van der Waals surface area contributed by atoms with Crippen LogP contribution in [0.1, 0.15) is 30.0 Å². The SMILES string of the molecule is Cc1cc(=O)c(C(=O)NCC(=O)NC(C)C)nn1-c1ccccc1F. The van der Waals surface area contributed by atoms with Crippen LogP contribution in [0.15, 0.2) is 35.1 Å². The first-order valence-corrected chi connectivity index (χ1v) is 7.73. The number of hydrogen-bond donors (Lipinski definition) is 2. The fourth-order valence-electron chi connectivity index (χ4n) is 2.19. The number of rotatable bonds is 5. The standard InChI is InChI=1S/C17H19FN4O3/c1-10(2)20-15(24)9-19-17(25)16-14(23)8-11(3)22(21-16)13-7-5-4-6-12(13)18/h4-8,10H,9H2,1-3H3,(H,19,25)(H,20,24). The number of hydrogen-bond acceptors (Lipinski definition) is 4. The van der Waals surface area contributed by atoms with E-state index in [2.05, 4.69) is 15.7 Å². The van der Waals surface area contributed by atoms with Gasteiger partial charge < -0.3 is 10.6 Å². The minimum Gasteiger partial charge on any atom is -0.352 e. The Morgan fingerprint density at radius 3 is 2.60 bits per heavy atom. The Morgan fingerprint density at radius 1 is 1.28 bits per heavy atom. The predicted molar refractivity (Wildman–Crippen MR) is 90.1 cm³/mol. The van der Waals surface area contributed by atoms with Crippen molar-refractivity contribution < 1.29 is 14.0 Å². The van der Waals surface area contributed by atoms with Gasteiger partial charge in [0.25, 0.3) is 5.91 Å². The minimum absolute atomic E-state index is 0.0693. The van der Waals surface area contributed by atoms with E-state index in [-0.39, 0.29) is 24.2 Å². The van der Waals surface area contributed by atoms with Gasteiger partial charge in [0.05, 0.1) is 6.54 Å². The monoisotopic (exact) mass is 346 g/mol. The average Bonchev–Trinajstić information content (AvgIpc) is 2.53. The topological polar surface area (TPSA) is 93.1 Å². The molecule has 0 saturated heterocycles. The van der Waals surface area contributed by atoms with Crippen molar-refractivity contribution in [2.75, 3.05) is 6.54 Å². The van der Waals surface area contributed by atoms with Gasteiger partial charge in [0.2, 0.25) is 11.3 Å². The van der Waals surface area contributed by atoms with E-state index in [4.69, 9.17) is 0 Å². The molecule has 0 aliphatic heterocycles. The summed E-state index contributed by atoms with van der Waals surface area (Å²) in [6.45, 7) is 4.87. The summed E-state index contributed by atoms with van der Waals surface area (Å²) in [5.41, 5.74) is -0.520. The third-order valence-electron chi connectivity index (χ3n) is 3.26. The highest BCUT2D eigenvalue weighted by Crippen LogP contribution is 2.12. The second-order valence-electron chi connectivity index (χ2n) is 5.77. The molecule has 25 heavy (non-hydrogen) atoms. The van der Waals surface area contributed by atoms with E-state index >= 15 is 0 Å². The predicted octanol–water partition coefficient (Wildman–Crippen LogP) is 0.934. The number of carbonyl (C=O) groups is 2. The molecule has 1 aromatic carbocycles. The molecule has 2 aromatic rings. The first kappa shape index (κ1) is 18.3. The molecule has 1 aromatic heterocycles. The largest absolute Gasteiger partial charge is 0.352 e. The number of amides is 2. The molecule has 0 aliphatic rings. The molecule has 0 spiro atoms. The summed E-state index contributed by atoms with van der Waals surface area (Å²) in [4.78, 5) is 35.8. The van der Waals surface area contributed by atoms with Crippen LogP contribution in [0.2, 0.25) is 0 Å². The van der Waals surface area contributed by atoms with Crippen molar-refractivity contribution in [2.45, 2.75) is 26.8 Å². The molecule has 7 nitrogen and oxygen atoms in total. The average molecular weight is 346 g/mol. The van der Waals surface area contributed by atoms with Crippen LogP contribution in [-0.4, -0.2) is 34.2 Å². The summed E-state index contributed by atoms with van der Waals surface area (Å²) >= 11 is 0. The molecule has 2 amide bonds. The maximum Gasteiger partial charge on any atom is 0.276 e. The molecule has 0 radical (unpaired) electrons. The van der Waals surface area contributed by atoms with Gasteiger partial charge in [-0.3, -0.25) is 14.4 Å². The Labute approximate surface area is 143 Å². The number of para-hydroxylation sites is 1. The molecule has 0 aliphatic carbocycles. The molecule has 0 atom stereocenters. The number of aromatic nitrogens is 2. The maximum absolute atomic E-state index is 14.0. The van der Waals surface area contributed by atoms with Crippen LogP contribution in [0.3, 0.4) is 0 Å². The van der Waals surface area contributed by atoms with Crippen LogP contribution in [0.5, 0.6) is 0 Å². The summed E-state index contributed by atoms with van der Waals surface area (Å²) in [5, 5.41) is 8.91. The number of aryl methyl sites for hydroxylation is 1. The second kappa shape index (κ2) is 7.69. The summed E-state index contributed by atoms with van der Waals surface area (Å²) in [6, 6.07) is 7.01. The van der Waals surface area contributed by atoms with E-state index in [1.54, 1.807) is 26.8 Å². The van der Waals surface area contributed by atoms with E-state index in [1.807, 2.05) is 0 Å². The van der Waals surface area contributed by atoms with Gasteiger partial charge in [0.15, 0.2) is 5.69 Å². The Kier molecular flexibility index (Phi) is 5.63. The lowest BCUT2D eigenvalue weighted by Gasteiger charge is -2.12. The first-order valence-electron chi connectivity index (χ1n) is 7.73. The molecular weight excluding hydrogens is 327 g/mol. The molecule has 0 unspecified atom stereocenters. The summed E-state index contributed by atoms with van der Waals surface area (Å²) in [5.74, 6) is -1.72. The number of nitrogens with one attached hydrogen (secondary N) is 2. The van der Waals surface area contributed by atoms with Crippen molar-refractivity contribution in [3.63, 3.8) is 0 Å². The number of benzene rings is 1. The van der Waals surface area contributed by atoms with Crippen molar-refractivity contribution in [1.82, 2.24) is 20.4 Å². The number of halogens is 1. The first-order chi connectivity index (χ1) is 11.8. The molecule has 132 valence electrons. The summed E-state index contributed by atoms with van der Waals surface area (Å²) in [6.07, 6.45) is 0. The molecule has 2 rings (SSSR count). The second-order valence-corrected chi connectivity index (χ2v) is 5.77. The van der Waals surface area contributed by atoms with Crippen molar-refractivity contribution in [1.29, 1.82) is 0 Å². The molecule has 8 heteroatoms.